The van der Waals surface area contributed by atoms with Gasteiger partial charge >= 0.3 is 18.1 Å². The van der Waals surface area contributed by atoms with Crippen molar-refractivity contribution in [3.8, 4) is 5.75 Å². The number of benzene rings is 3. The molecule has 0 amide bonds. The van der Waals surface area contributed by atoms with Gasteiger partial charge in [0, 0.05) is 23.2 Å². The van der Waals surface area contributed by atoms with E-state index in [2.05, 4.69) is 10.1 Å². The number of carbonyl (C=O) groups is 4. The smallest absolute Gasteiger partial charge is 0.435 e. The number of esters is 2. The molecule has 3 N–H and O–H groups in total. The fourth-order valence-corrected chi connectivity index (χ4v) is 4.20. The van der Waals surface area contributed by atoms with Crippen LogP contribution in [0.3, 0.4) is 0 Å². The number of nitrogens with two attached hydrogens (primary N) is 1. The molecule has 3 aromatic rings. The molecule has 9 nitrogen and oxygen atoms in total. The van der Waals surface area contributed by atoms with Gasteiger partial charge in [0.15, 0.2) is 23.6 Å². The fraction of sp³-hybridized carbons (Fsp3) is 0.241. The standard InChI is InChI=1S/C29H25F3N2O7/c1-16(40-27(37)21(33)15-17-7-3-2-4-8-17)39-14-13-34-22-12-11-20-23(26(22)41-28(38)29(30,31)32)25(36)19-10-6-5-9-18(19)24(20)35/h2-12,16,21,34H,13-15,33H2,1H3/t16?,21-/m0/s1. The van der Waals surface area contributed by atoms with E-state index in [9.17, 15) is 32.3 Å². The molecule has 1 aliphatic rings. The highest BCUT2D eigenvalue weighted by atomic mass is 19.4. The number of hydrogen-bond acceptors (Lipinski definition) is 9. The minimum atomic E-state index is -5.36. The van der Waals surface area contributed by atoms with Crippen LogP contribution in [0.4, 0.5) is 18.9 Å². The molecule has 0 aliphatic heterocycles. The van der Waals surface area contributed by atoms with Crippen molar-refractivity contribution >= 4 is 29.2 Å². The van der Waals surface area contributed by atoms with Crippen LogP contribution in [0.1, 0.15) is 44.3 Å². The van der Waals surface area contributed by atoms with Crippen molar-refractivity contribution in [1.82, 2.24) is 0 Å². The van der Waals surface area contributed by atoms with Gasteiger partial charge in [0.2, 0.25) is 0 Å². The van der Waals surface area contributed by atoms with E-state index in [4.69, 9.17) is 15.2 Å². The summed E-state index contributed by atoms with van der Waals surface area (Å²) in [5, 5.41) is 2.75. The molecule has 0 spiro atoms. The van der Waals surface area contributed by atoms with Gasteiger partial charge in [-0.15, -0.1) is 0 Å². The van der Waals surface area contributed by atoms with Crippen LogP contribution >= 0.6 is 0 Å². The van der Waals surface area contributed by atoms with Gasteiger partial charge in [-0.2, -0.15) is 13.2 Å². The predicted octanol–water partition coefficient (Wildman–Crippen LogP) is 3.82. The molecule has 2 atom stereocenters. The molecule has 0 heterocycles. The molecule has 41 heavy (non-hydrogen) atoms. The number of nitrogens with one attached hydrogen (secondary N) is 1. The lowest BCUT2D eigenvalue weighted by Crippen LogP contribution is -2.37. The molecular formula is C29H25F3N2O7. The number of fused-ring (bicyclic) bond motifs is 2. The van der Waals surface area contributed by atoms with Crippen molar-refractivity contribution in [3.05, 3.63) is 94.5 Å². The average Bonchev–Trinajstić information content (AvgIpc) is 2.94. The van der Waals surface area contributed by atoms with Crippen molar-refractivity contribution < 1.29 is 46.6 Å². The van der Waals surface area contributed by atoms with Gasteiger partial charge < -0.3 is 25.3 Å². The maximum atomic E-state index is 13.2. The number of anilines is 1. The number of rotatable bonds is 10. The number of hydrogen-bond donors (Lipinski definition) is 2. The Kier molecular flexibility index (Phi) is 8.84. The molecule has 214 valence electrons. The lowest BCUT2D eigenvalue weighted by atomic mass is 9.83. The van der Waals surface area contributed by atoms with Crippen LogP contribution in [0.15, 0.2) is 66.7 Å². The number of halogens is 3. The maximum absolute atomic E-state index is 13.2. The monoisotopic (exact) mass is 570 g/mol. The third-order valence-electron chi connectivity index (χ3n) is 6.13. The Morgan fingerprint density at radius 1 is 0.902 bits per heavy atom. The van der Waals surface area contributed by atoms with E-state index in [1.807, 2.05) is 30.3 Å². The molecule has 0 saturated carbocycles. The van der Waals surface area contributed by atoms with E-state index in [1.54, 1.807) is 6.07 Å². The third-order valence-corrected chi connectivity index (χ3v) is 6.13. The topological polar surface area (TPSA) is 134 Å². The zero-order valence-corrected chi connectivity index (χ0v) is 21.7. The summed E-state index contributed by atoms with van der Waals surface area (Å²) in [4.78, 5) is 50.2. The molecule has 0 bridgehead atoms. The summed E-state index contributed by atoms with van der Waals surface area (Å²) in [7, 11) is 0. The lowest BCUT2D eigenvalue weighted by molar-refractivity contribution is -0.189. The van der Waals surface area contributed by atoms with E-state index in [0.717, 1.165) is 5.56 Å². The van der Waals surface area contributed by atoms with E-state index >= 15 is 0 Å². The van der Waals surface area contributed by atoms with Crippen molar-refractivity contribution in [2.45, 2.75) is 31.9 Å². The lowest BCUT2D eigenvalue weighted by Gasteiger charge is -2.23. The summed E-state index contributed by atoms with van der Waals surface area (Å²) >= 11 is 0. The average molecular weight is 571 g/mol. The first-order valence-electron chi connectivity index (χ1n) is 12.5. The van der Waals surface area contributed by atoms with Crippen LogP contribution in [0.5, 0.6) is 5.75 Å². The summed E-state index contributed by atoms with van der Waals surface area (Å²) in [5.41, 5.74) is 5.99. The number of ketones is 2. The largest absolute Gasteiger partial charge is 0.491 e. The Labute approximate surface area is 232 Å². The molecule has 3 aromatic carbocycles. The van der Waals surface area contributed by atoms with E-state index in [0.29, 0.717) is 0 Å². The summed E-state index contributed by atoms with van der Waals surface area (Å²) in [6.45, 7) is 1.29. The zero-order chi connectivity index (χ0) is 29.7. The van der Waals surface area contributed by atoms with Crippen molar-refractivity contribution in [2.75, 3.05) is 18.5 Å². The Bertz CT molecular complexity index is 1470. The molecule has 0 aromatic heterocycles. The van der Waals surface area contributed by atoms with Crippen molar-refractivity contribution in [2.24, 2.45) is 5.73 Å². The second-order valence-electron chi connectivity index (χ2n) is 9.05. The highest BCUT2D eigenvalue weighted by Gasteiger charge is 2.43. The highest BCUT2D eigenvalue weighted by molar-refractivity contribution is 6.30. The summed E-state index contributed by atoms with van der Waals surface area (Å²) in [5.74, 6) is -5.35. The van der Waals surface area contributed by atoms with Crippen molar-refractivity contribution in [1.29, 1.82) is 0 Å². The highest BCUT2D eigenvalue weighted by Crippen LogP contribution is 2.39. The van der Waals surface area contributed by atoms with Crippen LogP contribution in [0.25, 0.3) is 0 Å². The molecule has 0 radical (unpaired) electrons. The minimum Gasteiger partial charge on any atom is -0.435 e. The first-order chi connectivity index (χ1) is 19.5. The molecule has 1 unspecified atom stereocenters. The SMILES string of the molecule is CC(OCCNc1ccc2c(c1OC(=O)C(F)(F)F)C(=O)c1ccccc1C2=O)OC(=O)[C@@H](N)Cc1ccccc1. The quantitative estimate of drug-likeness (QED) is 0.126. The van der Waals surface area contributed by atoms with E-state index in [-0.39, 0.29) is 42.0 Å². The van der Waals surface area contributed by atoms with Gasteiger partial charge in [-0.1, -0.05) is 54.6 Å². The van der Waals surface area contributed by atoms with E-state index in [1.165, 1.54) is 37.3 Å². The van der Waals surface area contributed by atoms with E-state index < -0.39 is 53.3 Å². The Balaban J connectivity index is 1.44. The van der Waals surface area contributed by atoms with Gasteiger partial charge in [0.25, 0.3) is 0 Å². The van der Waals surface area contributed by atoms with Gasteiger partial charge in [-0.05, 0) is 31.0 Å². The van der Waals surface area contributed by atoms with Gasteiger partial charge in [-0.25, -0.2) is 4.79 Å². The fourth-order valence-electron chi connectivity index (χ4n) is 4.20. The molecule has 0 saturated heterocycles. The molecule has 0 fully saturated rings. The second-order valence-corrected chi connectivity index (χ2v) is 9.05. The summed E-state index contributed by atoms with van der Waals surface area (Å²) in [6, 6.07) is 16.5. The molecule has 1 aliphatic carbocycles. The second kappa shape index (κ2) is 12.3. The third kappa shape index (κ3) is 6.79. The normalized spacial score (nSPS) is 14.0. The van der Waals surface area contributed by atoms with Crippen LogP contribution in [0.2, 0.25) is 0 Å². The summed E-state index contributed by atoms with van der Waals surface area (Å²) in [6.07, 6.45) is -6.10. The zero-order valence-electron chi connectivity index (χ0n) is 21.7. The molecule has 12 heteroatoms. The van der Waals surface area contributed by atoms with Crippen LogP contribution in [-0.2, 0) is 25.5 Å². The number of carbonyl (C=O) groups excluding carboxylic acids is 4. The van der Waals surface area contributed by atoms with Crippen LogP contribution in [0, 0.1) is 0 Å². The van der Waals surface area contributed by atoms with Crippen molar-refractivity contribution in [3.63, 3.8) is 0 Å². The molecular weight excluding hydrogens is 545 g/mol. The number of alkyl halides is 3. The maximum Gasteiger partial charge on any atom is 0.491 e. The summed E-state index contributed by atoms with van der Waals surface area (Å²) < 4.78 is 54.5. The van der Waals surface area contributed by atoms with Crippen LogP contribution < -0.4 is 15.8 Å². The Morgan fingerprint density at radius 2 is 1.54 bits per heavy atom. The Morgan fingerprint density at radius 3 is 2.20 bits per heavy atom. The molecule has 4 rings (SSSR count). The van der Waals surface area contributed by atoms with Crippen LogP contribution in [-0.4, -0.2) is 55.2 Å². The Hall–Kier alpha value is -4.55. The first kappa shape index (κ1) is 29.4. The number of ether oxygens (including phenoxy) is 3. The van der Waals surface area contributed by atoms with Gasteiger partial charge in [0.1, 0.15) is 6.04 Å². The van der Waals surface area contributed by atoms with Gasteiger partial charge in [-0.3, -0.25) is 14.4 Å². The van der Waals surface area contributed by atoms with Gasteiger partial charge in [0.05, 0.1) is 17.9 Å². The predicted molar refractivity (Wildman–Crippen MR) is 140 cm³/mol. The first-order valence-corrected chi connectivity index (χ1v) is 12.5. The minimum absolute atomic E-state index is 0.0316.